The van der Waals surface area contributed by atoms with Crippen molar-refractivity contribution in [2.24, 2.45) is 0 Å². The van der Waals surface area contributed by atoms with Crippen molar-refractivity contribution < 1.29 is 15.0 Å². The molecule has 0 unspecified atom stereocenters. The molecule has 3 nitrogen and oxygen atoms in total. The van der Waals surface area contributed by atoms with Gasteiger partial charge in [0.15, 0.2) is 0 Å². The standard InChI is InChI=1S/C9H10O3/c1-6-3-2-4-7(5-6)8(10)9(11)12/h2-5,8,10H,1H3,(H,11,12)/p-1/t8-/m0/s1. The van der Waals surface area contributed by atoms with Gasteiger partial charge in [-0.15, -0.1) is 0 Å². The molecule has 0 aromatic heterocycles. The van der Waals surface area contributed by atoms with Gasteiger partial charge in [-0.3, -0.25) is 0 Å². The Labute approximate surface area is 70.3 Å². The molecule has 3 heteroatoms. The average molecular weight is 165 g/mol. The van der Waals surface area contributed by atoms with Gasteiger partial charge in [0, 0.05) is 0 Å². The summed E-state index contributed by atoms with van der Waals surface area (Å²) < 4.78 is 0. The number of aliphatic hydroxyl groups is 1. The van der Waals surface area contributed by atoms with Gasteiger partial charge in [-0.05, 0) is 12.5 Å². The van der Waals surface area contributed by atoms with E-state index in [1.807, 2.05) is 13.0 Å². The molecule has 0 fully saturated rings. The maximum absolute atomic E-state index is 10.2. The van der Waals surface area contributed by atoms with E-state index in [0.717, 1.165) is 5.56 Å². The number of aliphatic carboxylic acids is 1. The summed E-state index contributed by atoms with van der Waals surface area (Å²) >= 11 is 0. The molecule has 64 valence electrons. The lowest BCUT2D eigenvalue weighted by Gasteiger charge is -2.11. The minimum absolute atomic E-state index is 0.356. The molecule has 1 atom stereocenters. The third-order valence-electron chi connectivity index (χ3n) is 1.58. The number of carboxylic acid groups (broad SMARTS) is 1. The monoisotopic (exact) mass is 165 g/mol. The number of aryl methyl sites for hydroxylation is 1. The van der Waals surface area contributed by atoms with E-state index >= 15 is 0 Å². The Bertz CT molecular complexity index is 294. The lowest BCUT2D eigenvalue weighted by Crippen LogP contribution is -2.29. The van der Waals surface area contributed by atoms with Crippen LogP contribution in [0.5, 0.6) is 0 Å². The first kappa shape index (κ1) is 8.74. The summed E-state index contributed by atoms with van der Waals surface area (Å²) in [4.78, 5) is 10.2. The van der Waals surface area contributed by atoms with Crippen LogP contribution in [-0.4, -0.2) is 11.1 Å². The van der Waals surface area contributed by atoms with Gasteiger partial charge in [-0.1, -0.05) is 29.8 Å². The number of aliphatic hydroxyl groups excluding tert-OH is 1. The van der Waals surface area contributed by atoms with Crippen molar-refractivity contribution in [3.05, 3.63) is 35.4 Å². The molecule has 0 bridgehead atoms. The van der Waals surface area contributed by atoms with E-state index in [4.69, 9.17) is 5.11 Å². The van der Waals surface area contributed by atoms with Crippen molar-refractivity contribution in [2.45, 2.75) is 13.0 Å². The van der Waals surface area contributed by atoms with Crippen LogP contribution in [0.3, 0.4) is 0 Å². The quantitative estimate of drug-likeness (QED) is 0.659. The molecule has 1 aromatic carbocycles. The average Bonchev–Trinajstić information content (AvgIpc) is 2.03. The van der Waals surface area contributed by atoms with Gasteiger partial charge in [-0.25, -0.2) is 0 Å². The van der Waals surface area contributed by atoms with Crippen LogP contribution in [-0.2, 0) is 4.79 Å². The summed E-state index contributed by atoms with van der Waals surface area (Å²) in [5, 5.41) is 19.3. The molecule has 1 N–H and O–H groups in total. The molecule has 0 saturated heterocycles. The molecule has 0 aliphatic carbocycles. The molecular weight excluding hydrogens is 156 g/mol. The van der Waals surface area contributed by atoms with Gasteiger partial charge in [0.05, 0.1) is 5.97 Å². The largest absolute Gasteiger partial charge is 0.547 e. The first-order valence-corrected chi connectivity index (χ1v) is 3.57. The smallest absolute Gasteiger partial charge is 0.118 e. The third-order valence-corrected chi connectivity index (χ3v) is 1.58. The number of benzene rings is 1. The minimum Gasteiger partial charge on any atom is -0.547 e. The number of hydrogen-bond acceptors (Lipinski definition) is 3. The minimum atomic E-state index is -1.52. The van der Waals surface area contributed by atoms with Crippen molar-refractivity contribution in [1.82, 2.24) is 0 Å². The lowest BCUT2D eigenvalue weighted by atomic mass is 10.1. The van der Waals surface area contributed by atoms with Crippen molar-refractivity contribution in [1.29, 1.82) is 0 Å². The van der Waals surface area contributed by atoms with Crippen LogP contribution < -0.4 is 5.11 Å². The van der Waals surface area contributed by atoms with E-state index in [9.17, 15) is 9.90 Å². The Morgan fingerprint density at radius 3 is 2.75 bits per heavy atom. The summed E-state index contributed by atoms with van der Waals surface area (Å²) in [6.07, 6.45) is -1.52. The van der Waals surface area contributed by atoms with Gasteiger partial charge >= 0.3 is 0 Å². The van der Waals surface area contributed by atoms with Gasteiger partial charge in [0.25, 0.3) is 0 Å². The third kappa shape index (κ3) is 1.83. The molecule has 0 aliphatic heterocycles. The van der Waals surface area contributed by atoms with Crippen LogP contribution in [0.2, 0.25) is 0 Å². The zero-order chi connectivity index (χ0) is 9.14. The highest BCUT2D eigenvalue weighted by Gasteiger charge is 2.06. The molecule has 1 aromatic rings. The molecule has 12 heavy (non-hydrogen) atoms. The summed E-state index contributed by atoms with van der Waals surface area (Å²) in [6.45, 7) is 1.82. The number of carbonyl (C=O) groups excluding carboxylic acids is 1. The molecular formula is C9H9O3-. The van der Waals surface area contributed by atoms with Gasteiger partial charge in [0.2, 0.25) is 0 Å². The normalized spacial score (nSPS) is 12.5. The molecule has 0 heterocycles. The van der Waals surface area contributed by atoms with Crippen LogP contribution in [0.15, 0.2) is 24.3 Å². The Balaban J connectivity index is 2.95. The van der Waals surface area contributed by atoms with E-state index in [1.165, 1.54) is 0 Å². The van der Waals surface area contributed by atoms with Crippen LogP contribution in [0.4, 0.5) is 0 Å². The SMILES string of the molecule is Cc1cccc([C@H](O)C(=O)[O-])c1. The predicted molar refractivity (Wildman–Crippen MR) is 41.1 cm³/mol. The van der Waals surface area contributed by atoms with E-state index in [1.54, 1.807) is 18.2 Å². The summed E-state index contributed by atoms with van der Waals surface area (Å²) in [6, 6.07) is 6.68. The number of hydrogen-bond donors (Lipinski definition) is 1. The Morgan fingerprint density at radius 2 is 2.25 bits per heavy atom. The molecule has 0 aliphatic rings. The first-order chi connectivity index (χ1) is 5.61. The lowest BCUT2D eigenvalue weighted by molar-refractivity contribution is -0.315. The Hall–Kier alpha value is -1.35. The van der Waals surface area contributed by atoms with Crippen LogP contribution >= 0.6 is 0 Å². The van der Waals surface area contributed by atoms with E-state index in [2.05, 4.69) is 0 Å². The summed E-state index contributed by atoms with van der Waals surface area (Å²) in [7, 11) is 0. The first-order valence-electron chi connectivity index (χ1n) is 3.57. The molecule has 0 radical (unpaired) electrons. The number of carbonyl (C=O) groups is 1. The highest BCUT2D eigenvalue weighted by atomic mass is 16.4. The second-order valence-electron chi connectivity index (χ2n) is 2.64. The molecule has 0 spiro atoms. The maximum atomic E-state index is 10.2. The van der Waals surface area contributed by atoms with Crippen molar-refractivity contribution >= 4 is 5.97 Å². The highest BCUT2D eigenvalue weighted by molar-refractivity contribution is 5.71. The zero-order valence-electron chi connectivity index (χ0n) is 6.65. The van der Waals surface area contributed by atoms with Crippen LogP contribution in [0.25, 0.3) is 0 Å². The maximum Gasteiger partial charge on any atom is 0.118 e. The van der Waals surface area contributed by atoms with Crippen molar-refractivity contribution in [3.8, 4) is 0 Å². The topological polar surface area (TPSA) is 60.4 Å². The Kier molecular flexibility index (Phi) is 2.45. The fourth-order valence-electron chi connectivity index (χ4n) is 0.976. The molecule has 1 rings (SSSR count). The Morgan fingerprint density at radius 1 is 1.58 bits per heavy atom. The molecule has 0 saturated carbocycles. The van der Waals surface area contributed by atoms with Crippen LogP contribution in [0, 0.1) is 6.92 Å². The fraction of sp³-hybridized carbons (Fsp3) is 0.222. The highest BCUT2D eigenvalue weighted by Crippen LogP contribution is 2.12. The second kappa shape index (κ2) is 3.36. The molecule has 0 amide bonds. The van der Waals surface area contributed by atoms with Gasteiger partial charge < -0.3 is 15.0 Å². The van der Waals surface area contributed by atoms with Gasteiger partial charge in [0.1, 0.15) is 6.10 Å². The zero-order valence-corrected chi connectivity index (χ0v) is 6.65. The summed E-state index contributed by atoms with van der Waals surface area (Å²) in [5.41, 5.74) is 1.27. The van der Waals surface area contributed by atoms with Crippen LogP contribution in [0.1, 0.15) is 17.2 Å². The summed E-state index contributed by atoms with van der Waals surface area (Å²) in [5.74, 6) is -1.47. The van der Waals surface area contributed by atoms with Crippen molar-refractivity contribution in [3.63, 3.8) is 0 Å². The number of rotatable bonds is 2. The predicted octanol–water partition coefficient (Wildman–Crippen LogP) is -0.222. The van der Waals surface area contributed by atoms with Gasteiger partial charge in [-0.2, -0.15) is 0 Å². The van der Waals surface area contributed by atoms with Crippen molar-refractivity contribution in [2.75, 3.05) is 0 Å². The van der Waals surface area contributed by atoms with E-state index in [0.29, 0.717) is 5.56 Å². The van der Waals surface area contributed by atoms with E-state index in [-0.39, 0.29) is 0 Å². The second-order valence-corrected chi connectivity index (χ2v) is 2.64. The fourth-order valence-corrected chi connectivity index (χ4v) is 0.976. The van der Waals surface area contributed by atoms with E-state index < -0.39 is 12.1 Å². The number of carboxylic acids is 1.